The smallest absolute Gasteiger partial charge is 0.333 e. The highest BCUT2D eigenvalue weighted by molar-refractivity contribution is 5.59. The van der Waals surface area contributed by atoms with Crippen LogP contribution in [0.4, 0.5) is 11.5 Å². The maximum atomic E-state index is 11.0. The highest BCUT2D eigenvalue weighted by Crippen LogP contribution is 2.28. The highest BCUT2D eigenvalue weighted by Gasteiger charge is 2.24. The van der Waals surface area contributed by atoms with Crippen molar-refractivity contribution in [2.24, 2.45) is 13.0 Å². The second-order valence-corrected chi connectivity index (χ2v) is 4.60. The summed E-state index contributed by atoms with van der Waals surface area (Å²) in [5, 5.41) is 18.2. The number of ether oxygens (including phenoxy) is 1. The lowest BCUT2D eigenvalue weighted by molar-refractivity contribution is -0.384. The minimum Gasteiger partial charge on any atom is -0.381 e. The lowest BCUT2D eigenvalue weighted by Gasteiger charge is -2.22. The van der Waals surface area contributed by atoms with Crippen molar-refractivity contribution in [2.75, 3.05) is 25.1 Å². The number of aromatic nitrogens is 2. The van der Waals surface area contributed by atoms with Gasteiger partial charge in [0.2, 0.25) is 5.82 Å². The average Bonchev–Trinajstić information content (AvgIpc) is 2.62. The molecular weight excluding hydrogens is 236 g/mol. The SMILES string of the molecule is Cc1nn(C)c(NCC2CCOCC2)c1[N+](=O)[O-]. The van der Waals surface area contributed by atoms with Gasteiger partial charge in [0.05, 0.1) is 4.92 Å². The fraction of sp³-hybridized carbons (Fsp3) is 0.727. The fourth-order valence-corrected chi connectivity index (χ4v) is 2.26. The Morgan fingerprint density at radius 1 is 1.56 bits per heavy atom. The van der Waals surface area contributed by atoms with Gasteiger partial charge in [-0.25, -0.2) is 4.68 Å². The third-order valence-corrected chi connectivity index (χ3v) is 3.27. The van der Waals surface area contributed by atoms with Gasteiger partial charge in [-0.15, -0.1) is 0 Å². The van der Waals surface area contributed by atoms with Crippen molar-refractivity contribution < 1.29 is 9.66 Å². The number of nitrogens with zero attached hydrogens (tertiary/aromatic N) is 3. The predicted molar refractivity (Wildman–Crippen MR) is 66.6 cm³/mol. The maximum absolute atomic E-state index is 11.0. The van der Waals surface area contributed by atoms with Gasteiger partial charge in [0.15, 0.2) is 0 Å². The standard InChI is InChI=1S/C11H18N4O3/c1-8-10(15(16)17)11(14(2)13-8)12-7-9-3-5-18-6-4-9/h9,12H,3-7H2,1-2H3. The zero-order valence-corrected chi connectivity index (χ0v) is 10.7. The normalized spacial score (nSPS) is 16.8. The van der Waals surface area contributed by atoms with Crippen LogP contribution in [0.15, 0.2) is 0 Å². The maximum Gasteiger partial charge on any atom is 0.333 e. The minimum atomic E-state index is -0.380. The van der Waals surface area contributed by atoms with Gasteiger partial charge in [0, 0.05) is 26.8 Å². The number of hydrogen-bond donors (Lipinski definition) is 1. The number of aryl methyl sites for hydroxylation is 2. The molecule has 1 aromatic rings. The topological polar surface area (TPSA) is 82.2 Å². The Balaban J connectivity index is 2.06. The summed E-state index contributed by atoms with van der Waals surface area (Å²) in [5.74, 6) is 0.998. The van der Waals surface area contributed by atoms with E-state index in [1.54, 1.807) is 14.0 Å². The van der Waals surface area contributed by atoms with Crippen molar-refractivity contribution in [3.8, 4) is 0 Å². The summed E-state index contributed by atoms with van der Waals surface area (Å²) in [6.45, 7) is 3.93. The molecule has 0 amide bonds. The number of rotatable bonds is 4. The summed E-state index contributed by atoms with van der Waals surface area (Å²) in [4.78, 5) is 10.6. The van der Waals surface area contributed by atoms with Gasteiger partial charge in [-0.2, -0.15) is 5.10 Å². The Kier molecular flexibility index (Phi) is 3.81. The molecule has 0 saturated carbocycles. The van der Waals surface area contributed by atoms with E-state index in [-0.39, 0.29) is 10.6 Å². The molecule has 2 heterocycles. The van der Waals surface area contributed by atoms with Gasteiger partial charge in [0.25, 0.3) is 0 Å². The van der Waals surface area contributed by atoms with Crippen LogP contribution >= 0.6 is 0 Å². The van der Waals surface area contributed by atoms with Crippen molar-refractivity contribution >= 4 is 11.5 Å². The molecule has 7 nitrogen and oxygen atoms in total. The molecule has 1 aliphatic rings. The number of nitro groups is 1. The molecule has 0 aliphatic carbocycles. The Hall–Kier alpha value is -1.63. The lowest BCUT2D eigenvalue weighted by Crippen LogP contribution is -2.23. The van der Waals surface area contributed by atoms with Gasteiger partial charge in [-0.05, 0) is 25.7 Å². The van der Waals surface area contributed by atoms with Gasteiger partial charge in [-0.1, -0.05) is 0 Å². The van der Waals surface area contributed by atoms with Crippen LogP contribution in [0.1, 0.15) is 18.5 Å². The van der Waals surface area contributed by atoms with Crippen LogP contribution in [0.5, 0.6) is 0 Å². The molecule has 1 N–H and O–H groups in total. The number of anilines is 1. The quantitative estimate of drug-likeness (QED) is 0.650. The van der Waals surface area contributed by atoms with Crippen molar-refractivity contribution in [2.45, 2.75) is 19.8 Å². The molecule has 0 aromatic carbocycles. The Morgan fingerprint density at radius 2 is 2.22 bits per heavy atom. The van der Waals surface area contributed by atoms with Gasteiger partial charge >= 0.3 is 5.69 Å². The Morgan fingerprint density at radius 3 is 2.83 bits per heavy atom. The average molecular weight is 254 g/mol. The summed E-state index contributed by atoms with van der Waals surface area (Å²) in [7, 11) is 1.71. The van der Waals surface area contributed by atoms with E-state index in [0.717, 1.165) is 32.6 Å². The molecule has 1 saturated heterocycles. The molecule has 1 aromatic heterocycles. The molecule has 0 spiro atoms. The van der Waals surface area contributed by atoms with Crippen LogP contribution < -0.4 is 5.32 Å². The summed E-state index contributed by atoms with van der Waals surface area (Å²) >= 11 is 0. The summed E-state index contributed by atoms with van der Waals surface area (Å²) in [6, 6.07) is 0. The molecule has 0 bridgehead atoms. The molecule has 0 unspecified atom stereocenters. The highest BCUT2D eigenvalue weighted by atomic mass is 16.6. The van der Waals surface area contributed by atoms with E-state index >= 15 is 0 Å². The first-order valence-corrected chi connectivity index (χ1v) is 6.09. The lowest BCUT2D eigenvalue weighted by atomic mass is 10.0. The monoisotopic (exact) mass is 254 g/mol. The minimum absolute atomic E-state index is 0.0737. The first kappa shape index (κ1) is 12.8. The summed E-state index contributed by atoms with van der Waals surface area (Å²) < 4.78 is 6.82. The van der Waals surface area contributed by atoms with Crippen LogP contribution in [0, 0.1) is 23.0 Å². The molecule has 1 fully saturated rings. The van der Waals surface area contributed by atoms with Crippen molar-refractivity contribution in [3.63, 3.8) is 0 Å². The Labute approximate surface area is 105 Å². The zero-order chi connectivity index (χ0) is 13.1. The van der Waals surface area contributed by atoms with Gasteiger partial charge < -0.3 is 10.1 Å². The molecule has 100 valence electrons. The van der Waals surface area contributed by atoms with Crippen molar-refractivity contribution in [1.82, 2.24) is 9.78 Å². The zero-order valence-electron chi connectivity index (χ0n) is 10.7. The van der Waals surface area contributed by atoms with E-state index in [1.807, 2.05) is 0 Å². The van der Waals surface area contributed by atoms with E-state index in [9.17, 15) is 10.1 Å². The first-order chi connectivity index (χ1) is 8.59. The number of nitrogens with one attached hydrogen (secondary N) is 1. The van der Waals surface area contributed by atoms with Crippen LogP contribution in [0.25, 0.3) is 0 Å². The second kappa shape index (κ2) is 5.34. The molecular formula is C11H18N4O3. The Bertz CT molecular complexity index is 438. The number of hydrogen-bond acceptors (Lipinski definition) is 5. The predicted octanol–water partition coefficient (Wildman–Crippen LogP) is 1.48. The van der Waals surface area contributed by atoms with Crippen LogP contribution in [-0.4, -0.2) is 34.5 Å². The van der Waals surface area contributed by atoms with Gasteiger partial charge in [-0.3, -0.25) is 10.1 Å². The van der Waals surface area contributed by atoms with E-state index in [4.69, 9.17) is 4.74 Å². The molecule has 1 aliphatic heterocycles. The van der Waals surface area contributed by atoms with Gasteiger partial charge in [0.1, 0.15) is 5.69 Å². The van der Waals surface area contributed by atoms with E-state index in [1.165, 1.54) is 4.68 Å². The molecule has 18 heavy (non-hydrogen) atoms. The molecule has 0 atom stereocenters. The second-order valence-electron chi connectivity index (χ2n) is 4.60. The molecule has 7 heteroatoms. The van der Waals surface area contributed by atoms with Crippen LogP contribution in [0.2, 0.25) is 0 Å². The van der Waals surface area contributed by atoms with Crippen molar-refractivity contribution in [3.05, 3.63) is 15.8 Å². The fourth-order valence-electron chi connectivity index (χ4n) is 2.26. The molecule has 2 rings (SSSR count). The summed E-state index contributed by atoms with van der Waals surface area (Å²) in [5.41, 5.74) is 0.515. The van der Waals surface area contributed by atoms with E-state index in [2.05, 4.69) is 10.4 Å². The van der Waals surface area contributed by atoms with Crippen LogP contribution in [0.3, 0.4) is 0 Å². The summed E-state index contributed by atoms with van der Waals surface area (Å²) in [6.07, 6.45) is 2.00. The third kappa shape index (κ3) is 2.61. The molecule has 0 radical (unpaired) electrons. The first-order valence-electron chi connectivity index (χ1n) is 6.09. The third-order valence-electron chi connectivity index (χ3n) is 3.27. The largest absolute Gasteiger partial charge is 0.381 e. The van der Waals surface area contributed by atoms with E-state index < -0.39 is 0 Å². The van der Waals surface area contributed by atoms with Crippen molar-refractivity contribution in [1.29, 1.82) is 0 Å². The van der Waals surface area contributed by atoms with Crippen LogP contribution in [-0.2, 0) is 11.8 Å². The van der Waals surface area contributed by atoms with E-state index in [0.29, 0.717) is 17.4 Å².